The van der Waals surface area contributed by atoms with Gasteiger partial charge in [-0.25, -0.2) is 9.78 Å². The third-order valence-corrected chi connectivity index (χ3v) is 2.53. The van der Waals surface area contributed by atoms with E-state index in [2.05, 4.69) is 4.98 Å². The van der Waals surface area contributed by atoms with Crippen LogP contribution in [0.5, 0.6) is 0 Å². The van der Waals surface area contributed by atoms with Gasteiger partial charge in [-0.3, -0.25) is 4.79 Å². The molecule has 0 aromatic carbocycles. The Morgan fingerprint density at radius 2 is 2.00 bits per heavy atom. The number of aromatic nitrogens is 1. The summed E-state index contributed by atoms with van der Waals surface area (Å²) in [6.45, 7) is 2.18. The number of rotatable bonds is 2. The molecule has 1 saturated heterocycles. The minimum Gasteiger partial charge on any atom is -0.477 e. The Morgan fingerprint density at radius 1 is 1.29 bits per heavy atom. The van der Waals surface area contributed by atoms with Crippen LogP contribution in [-0.4, -0.2) is 53.2 Å². The summed E-state index contributed by atoms with van der Waals surface area (Å²) in [5.41, 5.74) is 0.334. The molecule has 0 saturated carbocycles. The molecule has 0 spiro atoms. The molecule has 0 unspecified atom stereocenters. The summed E-state index contributed by atoms with van der Waals surface area (Å²) in [4.78, 5) is 28.0. The summed E-state index contributed by atoms with van der Waals surface area (Å²) in [6, 6.07) is 2.81. The van der Waals surface area contributed by atoms with Gasteiger partial charge in [-0.05, 0) is 12.1 Å². The second kappa shape index (κ2) is 4.92. The van der Waals surface area contributed by atoms with E-state index in [1.165, 1.54) is 18.3 Å². The van der Waals surface area contributed by atoms with Crippen molar-refractivity contribution in [1.29, 1.82) is 0 Å². The number of ether oxygens (including phenoxy) is 1. The topological polar surface area (TPSA) is 79.7 Å². The van der Waals surface area contributed by atoms with Gasteiger partial charge in [0.15, 0.2) is 0 Å². The van der Waals surface area contributed by atoms with Crippen LogP contribution in [0.2, 0.25) is 0 Å². The number of hydrogen-bond donors (Lipinski definition) is 1. The van der Waals surface area contributed by atoms with Gasteiger partial charge in [0, 0.05) is 19.3 Å². The van der Waals surface area contributed by atoms with Gasteiger partial charge < -0.3 is 14.7 Å². The van der Waals surface area contributed by atoms with Crippen molar-refractivity contribution < 1.29 is 19.4 Å². The predicted molar refractivity (Wildman–Crippen MR) is 57.9 cm³/mol. The summed E-state index contributed by atoms with van der Waals surface area (Å²) in [6.07, 6.45) is 1.29. The van der Waals surface area contributed by atoms with E-state index in [0.29, 0.717) is 31.9 Å². The SMILES string of the molecule is O=C(O)c1ccc(C(=O)N2CCOCC2)cn1. The number of pyridine rings is 1. The van der Waals surface area contributed by atoms with Crippen molar-refractivity contribution in [2.24, 2.45) is 0 Å². The molecule has 1 aromatic rings. The Kier molecular flexibility index (Phi) is 3.34. The molecule has 0 atom stereocenters. The molecule has 6 heteroatoms. The Bertz CT molecular complexity index is 424. The smallest absolute Gasteiger partial charge is 0.354 e. The number of morpholine rings is 1. The van der Waals surface area contributed by atoms with Crippen molar-refractivity contribution in [3.05, 3.63) is 29.6 Å². The number of carboxylic acids is 1. The average molecular weight is 236 g/mol. The Labute approximate surface area is 97.8 Å². The maximum atomic E-state index is 12.0. The van der Waals surface area contributed by atoms with E-state index in [9.17, 15) is 9.59 Å². The van der Waals surface area contributed by atoms with Crippen molar-refractivity contribution in [2.45, 2.75) is 0 Å². The molecular weight excluding hydrogens is 224 g/mol. The number of hydrogen-bond acceptors (Lipinski definition) is 4. The van der Waals surface area contributed by atoms with Gasteiger partial charge in [-0.15, -0.1) is 0 Å². The van der Waals surface area contributed by atoms with Gasteiger partial charge in [0.05, 0.1) is 18.8 Å². The monoisotopic (exact) mass is 236 g/mol. The molecule has 2 heterocycles. The van der Waals surface area contributed by atoms with Crippen molar-refractivity contribution in [3.63, 3.8) is 0 Å². The van der Waals surface area contributed by atoms with Crippen LogP contribution in [0.25, 0.3) is 0 Å². The molecule has 1 fully saturated rings. The zero-order chi connectivity index (χ0) is 12.3. The van der Waals surface area contributed by atoms with Crippen LogP contribution < -0.4 is 0 Å². The molecule has 1 aliphatic heterocycles. The summed E-state index contributed by atoms with van der Waals surface area (Å²) in [5, 5.41) is 8.69. The quantitative estimate of drug-likeness (QED) is 0.796. The van der Waals surface area contributed by atoms with Crippen molar-refractivity contribution >= 4 is 11.9 Å². The van der Waals surface area contributed by atoms with Gasteiger partial charge in [0.1, 0.15) is 5.69 Å². The van der Waals surface area contributed by atoms with E-state index >= 15 is 0 Å². The molecule has 90 valence electrons. The van der Waals surface area contributed by atoms with Gasteiger partial charge >= 0.3 is 5.97 Å². The summed E-state index contributed by atoms with van der Waals surface area (Å²) < 4.78 is 5.15. The van der Waals surface area contributed by atoms with Gasteiger partial charge in [-0.1, -0.05) is 0 Å². The lowest BCUT2D eigenvalue weighted by Crippen LogP contribution is -2.40. The Balaban J connectivity index is 2.10. The largest absolute Gasteiger partial charge is 0.477 e. The minimum absolute atomic E-state index is 0.0662. The van der Waals surface area contributed by atoms with Crippen molar-refractivity contribution in [1.82, 2.24) is 9.88 Å². The van der Waals surface area contributed by atoms with Crippen LogP contribution in [0.3, 0.4) is 0 Å². The lowest BCUT2D eigenvalue weighted by molar-refractivity contribution is 0.0302. The van der Waals surface area contributed by atoms with Crippen LogP contribution in [0.4, 0.5) is 0 Å². The van der Waals surface area contributed by atoms with E-state index in [0.717, 1.165) is 0 Å². The summed E-state index contributed by atoms with van der Waals surface area (Å²) in [5.74, 6) is -1.24. The molecular formula is C11H12N2O4. The number of carbonyl (C=O) groups excluding carboxylic acids is 1. The Morgan fingerprint density at radius 3 is 2.53 bits per heavy atom. The fraction of sp³-hybridized carbons (Fsp3) is 0.364. The highest BCUT2D eigenvalue weighted by molar-refractivity contribution is 5.94. The molecule has 6 nitrogen and oxygen atoms in total. The fourth-order valence-corrected chi connectivity index (χ4v) is 1.60. The first-order chi connectivity index (χ1) is 8.18. The van der Waals surface area contributed by atoms with Crippen molar-refractivity contribution in [2.75, 3.05) is 26.3 Å². The molecule has 1 aromatic heterocycles. The molecule has 1 amide bonds. The third kappa shape index (κ3) is 2.59. The van der Waals surface area contributed by atoms with Gasteiger partial charge in [0.2, 0.25) is 0 Å². The first-order valence-electron chi connectivity index (χ1n) is 5.25. The van der Waals surface area contributed by atoms with E-state index in [-0.39, 0.29) is 11.6 Å². The van der Waals surface area contributed by atoms with E-state index < -0.39 is 5.97 Å². The van der Waals surface area contributed by atoms with Gasteiger partial charge in [0.25, 0.3) is 5.91 Å². The highest BCUT2D eigenvalue weighted by atomic mass is 16.5. The van der Waals surface area contributed by atoms with Crippen molar-refractivity contribution in [3.8, 4) is 0 Å². The van der Waals surface area contributed by atoms with E-state index in [1.807, 2.05) is 0 Å². The lowest BCUT2D eigenvalue weighted by atomic mass is 10.2. The number of carboxylic acid groups (broad SMARTS) is 1. The number of aromatic carboxylic acids is 1. The Hall–Kier alpha value is -1.95. The maximum Gasteiger partial charge on any atom is 0.354 e. The fourth-order valence-electron chi connectivity index (χ4n) is 1.60. The molecule has 2 rings (SSSR count). The highest BCUT2D eigenvalue weighted by Crippen LogP contribution is 2.07. The second-order valence-electron chi connectivity index (χ2n) is 3.64. The van der Waals surface area contributed by atoms with Crippen LogP contribution in [0.15, 0.2) is 18.3 Å². The first kappa shape index (κ1) is 11.5. The highest BCUT2D eigenvalue weighted by Gasteiger charge is 2.19. The van der Waals surface area contributed by atoms with Crippen LogP contribution in [-0.2, 0) is 4.74 Å². The summed E-state index contributed by atoms with van der Waals surface area (Å²) in [7, 11) is 0. The maximum absolute atomic E-state index is 12.0. The molecule has 1 N–H and O–H groups in total. The zero-order valence-corrected chi connectivity index (χ0v) is 9.13. The summed E-state index contributed by atoms with van der Waals surface area (Å²) >= 11 is 0. The van der Waals surface area contributed by atoms with E-state index in [4.69, 9.17) is 9.84 Å². The number of amides is 1. The molecule has 1 aliphatic rings. The first-order valence-corrected chi connectivity index (χ1v) is 5.25. The van der Waals surface area contributed by atoms with Gasteiger partial charge in [-0.2, -0.15) is 0 Å². The third-order valence-electron chi connectivity index (χ3n) is 2.53. The molecule has 17 heavy (non-hydrogen) atoms. The zero-order valence-electron chi connectivity index (χ0n) is 9.13. The van der Waals surface area contributed by atoms with Crippen LogP contribution in [0.1, 0.15) is 20.8 Å². The van der Waals surface area contributed by atoms with E-state index in [1.54, 1.807) is 4.90 Å². The van der Waals surface area contributed by atoms with Crippen LogP contribution in [0, 0.1) is 0 Å². The average Bonchev–Trinajstić information content (AvgIpc) is 2.39. The minimum atomic E-state index is -1.10. The molecule has 0 bridgehead atoms. The molecule has 0 radical (unpaired) electrons. The normalized spacial score (nSPS) is 15.6. The lowest BCUT2D eigenvalue weighted by Gasteiger charge is -2.26. The molecule has 0 aliphatic carbocycles. The second-order valence-corrected chi connectivity index (χ2v) is 3.64. The van der Waals surface area contributed by atoms with Crippen LogP contribution >= 0.6 is 0 Å². The number of nitrogens with zero attached hydrogens (tertiary/aromatic N) is 2. The standard InChI is InChI=1S/C11H12N2O4/c14-10(13-3-5-17-6-4-13)8-1-2-9(11(15)16)12-7-8/h1-2,7H,3-6H2,(H,15,16). The predicted octanol–water partition coefficient (Wildman–Crippen LogP) is 0.252. The number of carbonyl (C=O) groups is 2.